The van der Waals surface area contributed by atoms with Crippen LogP contribution in [0.4, 0.5) is 0 Å². The fourth-order valence-electron chi connectivity index (χ4n) is 2.77. The lowest BCUT2D eigenvalue weighted by Gasteiger charge is -2.36. The van der Waals surface area contributed by atoms with E-state index in [-0.39, 0.29) is 0 Å². The number of hydrogen-bond donors (Lipinski definition) is 1. The molecule has 4 nitrogen and oxygen atoms in total. The van der Waals surface area contributed by atoms with Crippen LogP contribution in [0.2, 0.25) is 0 Å². The first-order valence-electron chi connectivity index (χ1n) is 7.71. The Bertz CT molecular complexity index is 462. The van der Waals surface area contributed by atoms with E-state index in [1.165, 1.54) is 5.56 Å². The summed E-state index contributed by atoms with van der Waals surface area (Å²) >= 11 is 0. The van der Waals surface area contributed by atoms with Crippen molar-refractivity contribution in [2.75, 3.05) is 33.2 Å². The van der Waals surface area contributed by atoms with Gasteiger partial charge in [-0.15, -0.1) is 0 Å². The normalized spacial score (nSPS) is 18.9. The molecule has 1 heterocycles. The Kier molecular flexibility index (Phi) is 5.37. The highest BCUT2D eigenvalue weighted by Gasteiger charge is 2.28. The lowest BCUT2D eigenvalue weighted by molar-refractivity contribution is -0.144. The molecular weight excluding hydrogens is 264 g/mol. The van der Waals surface area contributed by atoms with Crippen LogP contribution in [0.3, 0.4) is 0 Å². The maximum atomic E-state index is 11.6. The summed E-state index contributed by atoms with van der Waals surface area (Å²) in [7, 11) is 2.08. The molecule has 0 radical (unpaired) electrons. The lowest BCUT2D eigenvalue weighted by Crippen LogP contribution is -2.52. The lowest BCUT2D eigenvalue weighted by atomic mass is 9.98. The highest BCUT2D eigenvalue weighted by molar-refractivity contribution is 5.74. The fourth-order valence-corrected chi connectivity index (χ4v) is 2.77. The minimum Gasteiger partial charge on any atom is -0.480 e. The van der Waals surface area contributed by atoms with Crippen LogP contribution in [0.25, 0.3) is 0 Å². The molecule has 0 bridgehead atoms. The third-order valence-electron chi connectivity index (χ3n) is 4.34. The number of carbonyl (C=O) groups is 1. The summed E-state index contributed by atoms with van der Waals surface area (Å²) in [5.41, 5.74) is 2.40. The Labute approximate surface area is 127 Å². The predicted octanol–water partition coefficient (Wildman–Crippen LogP) is 2.05. The van der Waals surface area contributed by atoms with Gasteiger partial charge in [-0.05, 0) is 30.5 Å². The minimum absolute atomic E-state index is 0.413. The Hall–Kier alpha value is -1.39. The highest BCUT2D eigenvalue weighted by Crippen LogP contribution is 2.17. The van der Waals surface area contributed by atoms with Gasteiger partial charge in [0.15, 0.2) is 0 Å². The van der Waals surface area contributed by atoms with Gasteiger partial charge in [0.2, 0.25) is 0 Å². The van der Waals surface area contributed by atoms with E-state index in [2.05, 4.69) is 55.0 Å². The summed E-state index contributed by atoms with van der Waals surface area (Å²) in [5.74, 6) is -0.209. The van der Waals surface area contributed by atoms with E-state index in [0.29, 0.717) is 12.3 Å². The Morgan fingerprint density at radius 2 is 1.71 bits per heavy atom. The zero-order chi connectivity index (χ0) is 15.4. The molecule has 0 aromatic heterocycles. The van der Waals surface area contributed by atoms with Gasteiger partial charge < -0.3 is 10.0 Å². The molecule has 0 spiro atoms. The first-order chi connectivity index (χ1) is 9.97. The van der Waals surface area contributed by atoms with Crippen molar-refractivity contribution in [1.82, 2.24) is 9.80 Å². The van der Waals surface area contributed by atoms with Crippen LogP contribution in [-0.2, 0) is 11.2 Å². The van der Waals surface area contributed by atoms with Gasteiger partial charge in [0.25, 0.3) is 0 Å². The van der Waals surface area contributed by atoms with Gasteiger partial charge in [0.05, 0.1) is 0 Å². The number of likely N-dealkylation sites (N-methyl/N-ethyl adjacent to an activating group) is 1. The fraction of sp³-hybridized carbons (Fsp3) is 0.588. The topological polar surface area (TPSA) is 43.8 Å². The third kappa shape index (κ3) is 4.29. The summed E-state index contributed by atoms with van der Waals surface area (Å²) in [6, 6.07) is 7.96. The van der Waals surface area contributed by atoms with Crippen LogP contribution in [0.1, 0.15) is 30.9 Å². The molecule has 2 rings (SSSR count). The second kappa shape index (κ2) is 7.05. The van der Waals surface area contributed by atoms with Crippen molar-refractivity contribution < 1.29 is 9.90 Å². The molecule has 0 aliphatic carbocycles. The Morgan fingerprint density at radius 1 is 1.14 bits per heavy atom. The average Bonchev–Trinajstić information content (AvgIpc) is 2.46. The zero-order valence-electron chi connectivity index (χ0n) is 13.2. The standard InChI is InChI=1S/C17H26N2O2/c1-13(2)15-6-4-14(5-7-15)12-16(17(20)21)19-10-8-18(3)9-11-19/h4-7,13,16H,8-12H2,1-3H3,(H,20,21). The molecule has 1 aliphatic heterocycles. The molecule has 1 aromatic carbocycles. The largest absolute Gasteiger partial charge is 0.480 e. The molecule has 1 fully saturated rings. The van der Waals surface area contributed by atoms with Crippen molar-refractivity contribution in [3.05, 3.63) is 35.4 Å². The molecule has 4 heteroatoms. The maximum absolute atomic E-state index is 11.6. The number of nitrogens with zero attached hydrogens (tertiary/aromatic N) is 2. The van der Waals surface area contributed by atoms with Crippen molar-refractivity contribution in [1.29, 1.82) is 0 Å². The summed E-state index contributed by atoms with van der Waals surface area (Å²) in [6.07, 6.45) is 0.581. The molecule has 21 heavy (non-hydrogen) atoms. The molecule has 1 saturated heterocycles. The van der Waals surface area contributed by atoms with E-state index in [0.717, 1.165) is 31.7 Å². The summed E-state index contributed by atoms with van der Waals surface area (Å²) < 4.78 is 0. The maximum Gasteiger partial charge on any atom is 0.321 e. The van der Waals surface area contributed by atoms with E-state index in [9.17, 15) is 9.90 Å². The Morgan fingerprint density at radius 3 is 2.19 bits per heavy atom. The van der Waals surface area contributed by atoms with Gasteiger partial charge in [-0.25, -0.2) is 0 Å². The monoisotopic (exact) mass is 290 g/mol. The van der Waals surface area contributed by atoms with E-state index in [1.807, 2.05) is 0 Å². The van der Waals surface area contributed by atoms with Crippen LogP contribution in [0.15, 0.2) is 24.3 Å². The van der Waals surface area contributed by atoms with Gasteiger partial charge in [0.1, 0.15) is 6.04 Å². The third-order valence-corrected chi connectivity index (χ3v) is 4.34. The first kappa shape index (κ1) is 16.0. The van der Waals surface area contributed by atoms with Crippen molar-refractivity contribution in [2.45, 2.75) is 32.2 Å². The van der Waals surface area contributed by atoms with Crippen molar-refractivity contribution in [3.63, 3.8) is 0 Å². The number of piperazine rings is 1. The smallest absolute Gasteiger partial charge is 0.321 e. The number of carboxylic acids is 1. The summed E-state index contributed by atoms with van der Waals surface area (Å²) in [5, 5.41) is 9.54. The van der Waals surface area contributed by atoms with E-state index >= 15 is 0 Å². The van der Waals surface area contributed by atoms with Gasteiger partial charge in [-0.3, -0.25) is 9.69 Å². The molecule has 0 saturated carbocycles. The number of aliphatic carboxylic acids is 1. The highest BCUT2D eigenvalue weighted by atomic mass is 16.4. The molecule has 116 valence electrons. The average molecular weight is 290 g/mol. The number of rotatable bonds is 5. The van der Waals surface area contributed by atoms with Gasteiger partial charge in [0, 0.05) is 26.2 Å². The molecule has 1 N–H and O–H groups in total. The quantitative estimate of drug-likeness (QED) is 0.901. The van der Waals surface area contributed by atoms with Gasteiger partial charge >= 0.3 is 5.97 Å². The minimum atomic E-state index is -0.715. The van der Waals surface area contributed by atoms with Crippen LogP contribution in [0, 0.1) is 0 Å². The SMILES string of the molecule is CC(C)c1ccc(CC(C(=O)O)N2CCN(C)CC2)cc1. The molecule has 1 aliphatic rings. The predicted molar refractivity (Wildman–Crippen MR) is 84.7 cm³/mol. The van der Waals surface area contributed by atoms with E-state index < -0.39 is 12.0 Å². The van der Waals surface area contributed by atoms with Crippen LogP contribution >= 0.6 is 0 Å². The van der Waals surface area contributed by atoms with E-state index in [1.54, 1.807) is 0 Å². The molecular formula is C17H26N2O2. The second-order valence-electron chi connectivity index (χ2n) is 6.29. The molecule has 1 aromatic rings. The summed E-state index contributed by atoms with van der Waals surface area (Å²) in [4.78, 5) is 15.9. The van der Waals surface area contributed by atoms with Crippen molar-refractivity contribution in [3.8, 4) is 0 Å². The van der Waals surface area contributed by atoms with Crippen LogP contribution in [-0.4, -0.2) is 60.1 Å². The number of hydrogen-bond acceptors (Lipinski definition) is 3. The van der Waals surface area contributed by atoms with E-state index in [4.69, 9.17) is 0 Å². The Balaban J connectivity index is 2.04. The number of carboxylic acid groups (broad SMARTS) is 1. The first-order valence-corrected chi connectivity index (χ1v) is 7.71. The number of benzene rings is 1. The summed E-state index contributed by atoms with van der Waals surface area (Å²) in [6.45, 7) is 7.87. The van der Waals surface area contributed by atoms with Crippen LogP contribution in [0.5, 0.6) is 0 Å². The van der Waals surface area contributed by atoms with Gasteiger partial charge in [-0.1, -0.05) is 38.1 Å². The van der Waals surface area contributed by atoms with Gasteiger partial charge in [-0.2, -0.15) is 0 Å². The zero-order valence-corrected chi connectivity index (χ0v) is 13.2. The second-order valence-corrected chi connectivity index (χ2v) is 6.29. The van der Waals surface area contributed by atoms with Crippen molar-refractivity contribution >= 4 is 5.97 Å². The van der Waals surface area contributed by atoms with Crippen LogP contribution < -0.4 is 0 Å². The van der Waals surface area contributed by atoms with Crippen molar-refractivity contribution in [2.24, 2.45) is 0 Å². The molecule has 0 amide bonds. The molecule has 1 atom stereocenters. The molecule has 1 unspecified atom stereocenters.